The highest BCUT2D eigenvalue weighted by Crippen LogP contribution is 2.30. The summed E-state index contributed by atoms with van der Waals surface area (Å²) in [5.74, 6) is -1.71. The van der Waals surface area contributed by atoms with Crippen LogP contribution in [-0.2, 0) is 12.7 Å². The number of halogens is 3. The summed E-state index contributed by atoms with van der Waals surface area (Å²) in [5, 5.41) is 4.90. The van der Waals surface area contributed by atoms with Crippen molar-refractivity contribution in [1.29, 1.82) is 0 Å². The molecule has 0 aliphatic rings. The van der Waals surface area contributed by atoms with Gasteiger partial charge in [0.25, 0.3) is 11.8 Å². The molecule has 0 bridgehead atoms. The van der Waals surface area contributed by atoms with Crippen LogP contribution >= 0.6 is 0 Å². The number of amides is 2. The largest absolute Gasteiger partial charge is 0.416 e. The van der Waals surface area contributed by atoms with E-state index < -0.39 is 34.9 Å². The molecule has 0 unspecified atom stereocenters. The average Bonchev–Trinajstić information content (AvgIpc) is 2.72. The van der Waals surface area contributed by atoms with E-state index in [1.54, 1.807) is 48.5 Å². The minimum Gasteiger partial charge on any atom is -0.345 e. The van der Waals surface area contributed by atoms with Gasteiger partial charge in [0.2, 0.25) is 0 Å². The predicted molar refractivity (Wildman–Crippen MR) is 99.0 cm³/mol. The topological polar surface area (TPSA) is 84.0 Å². The smallest absolute Gasteiger partial charge is 0.345 e. The van der Waals surface area contributed by atoms with Crippen molar-refractivity contribution >= 4 is 17.5 Å². The number of carbonyl (C=O) groups excluding carboxylic acids is 2. The van der Waals surface area contributed by atoms with Gasteiger partial charge in [-0.05, 0) is 36.4 Å². The molecule has 0 aliphatic heterocycles. The summed E-state index contributed by atoms with van der Waals surface area (Å²) in [6, 6.07) is 14.5. The van der Waals surface area contributed by atoms with Gasteiger partial charge in [0.15, 0.2) is 0 Å². The summed E-state index contributed by atoms with van der Waals surface area (Å²) in [6.07, 6.45) is -3.23. The van der Waals surface area contributed by atoms with Gasteiger partial charge in [0, 0.05) is 11.9 Å². The second kappa shape index (κ2) is 8.51. The Balaban J connectivity index is 1.85. The number of carbonyl (C=O) groups is 2. The zero-order valence-corrected chi connectivity index (χ0v) is 14.9. The Morgan fingerprint density at radius 1 is 0.897 bits per heavy atom. The van der Waals surface area contributed by atoms with Crippen LogP contribution in [0.5, 0.6) is 0 Å². The van der Waals surface area contributed by atoms with E-state index in [4.69, 9.17) is 0 Å². The zero-order chi connectivity index (χ0) is 20.9. The summed E-state index contributed by atoms with van der Waals surface area (Å²) in [7, 11) is 0. The van der Waals surface area contributed by atoms with Crippen LogP contribution in [0.25, 0.3) is 0 Å². The van der Waals surface area contributed by atoms with Gasteiger partial charge in [0.1, 0.15) is 11.4 Å². The van der Waals surface area contributed by atoms with E-state index in [0.29, 0.717) is 23.5 Å². The van der Waals surface area contributed by atoms with Crippen LogP contribution in [-0.4, -0.2) is 21.8 Å². The van der Waals surface area contributed by atoms with E-state index in [1.807, 2.05) is 0 Å². The van der Waals surface area contributed by atoms with Gasteiger partial charge in [-0.2, -0.15) is 13.2 Å². The van der Waals surface area contributed by atoms with Gasteiger partial charge in [-0.25, -0.2) is 4.98 Å². The highest BCUT2D eigenvalue weighted by molar-refractivity contribution is 6.04. The van der Waals surface area contributed by atoms with Crippen molar-refractivity contribution in [1.82, 2.24) is 15.3 Å². The fourth-order valence-electron chi connectivity index (χ4n) is 2.41. The number of hydrogen-bond donors (Lipinski definition) is 2. The first kappa shape index (κ1) is 20.0. The second-order valence-electron chi connectivity index (χ2n) is 5.95. The molecule has 2 heterocycles. The van der Waals surface area contributed by atoms with Crippen molar-refractivity contribution in [2.24, 2.45) is 0 Å². The molecule has 0 fully saturated rings. The maximum absolute atomic E-state index is 13.3. The minimum absolute atomic E-state index is 0.00312. The van der Waals surface area contributed by atoms with Crippen LogP contribution in [0.4, 0.5) is 18.9 Å². The maximum Gasteiger partial charge on any atom is 0.416 e. The van der Waals surface area contributed by atoms with Crippen LogP contribution < -0.4 is 10.6 Å². The van der Waals surface area contributed by atoms with Gasteiger partial charge in [-0.15, -0.1) is 0 Å². The van der Waals surface area contributed by atoms with E-state index in [2.05, 4.69) is 20.6 Å². The quantitative estimate of drug-likeness (QED) is 0.684. The summed E-state index contributed by atoms with van der Waals surface area (Å²) >= 11 is 0. The molecular weight excluding hydrogens is 385 g/mol. The fraction of sp³-hybridized carbons (Fsp3) is 0.100. The predicted octanol–water partition coefficient (Wildman–Crippen LogP) is 3.68. The van der Waals surface area contributed by atoms with Crippen molar-refractivity contribution in [3.8, 4) is 0 Å². The summed E-state index contributed by atoms with van der Waals surface area (Å²) in [6.45, 7) is 0.00312. The molecule has 0 spiro atoms. The third-order valence-electron chi connectivity index (χ3n) is 3.81. The molecule has 0 aliphatic carbocycles. The Hall–Kier alpha value is -3.75. The number of nitrogens with zero attached hydrogens (tertiary/aromatic N) is 2. The maximum atomic E-state index is 13.3. The molecule has 2 aromatic heterocycles. The van der Waals surface area contributed by atoms with Crippen LogP contribution in [0.15, 0.2) is 66.9 Å². The van der Waals surface area contributed by atoms with Gasteiger partial charge in [0.05, 0.1) is 17.8 Å². The molecule has 3 rings (SSSR count). The summed E-state index contributed by atoms with van der Waals surface area (Å²) in [5.41, 5.74) is -1.28. The lowest BCUT2D eigenvalue weighted by atomic mass is 10.1. The van der Waals surface area contributed by atoms with Crippen molar-refractivity contribution in [3.63, 3.8) is 0 Å². The lowest BCUT2D eigenvalue weighted by molar-refractivity contribution is -0.137. The molecule has 29 heavy (non-hydrogen) atoms. The lowest BCUT2D eigenvalue weighted by Crippen LogP contribution is -2.26. The average molecular weight is 400 g/mol. The highest BCUT2D eigenvalue weighted by atomic mass is 19.4. The zero-order valence-electron chi connectivity index (χ0n) is 14.9. The Bertz CT molecular complexity index is 1010. The number of aromatic nitrogens is 2. The third kappa shape index (κ3) is 5.38. The molecule has 1 aromatic carbocycles. The van der Waals surface area contributed by atoms with Crippen molar-refractivity contribution in [3.05, 3.63) is 89.5 Å². The van der Waals surface area contributed by atoms with E-state index in [0.717, 1.165) is 0 Å². The molecule has 0 saturated carbocycles. The van der Waals surface area contributed by atoms with Crippen LogP contribution in [0.1, 0.15) is 32.2 Å². The molecular formula is C20H15F3N4O2. The molecule has 0 atom stereocenters. The number of benzene rings is 1. The fourth-order valence-corrected chi connectivity index (χ4v) is 2.41. The van der Waals surface area contributed by atoms with Crippen molar-refractivity contribution < 1.29 is 22.8 Å². The van der Waals surface area contributed by atoms with Crippen molar-refractivity contribution in [2.75, 3.05) is 5.32 Å². The Morgan fingerprint density at radius 2 is 1.55 bits per heavy atom. The van der Waals surface area contributed by atoms with Gasteiger partial charge < -0.3 is 10.6 Å². The van der Waals surface area contributed by atoms with E-state index in [9.17, 15) is 22.8 Å². The molecule has 148 valence electrons. The standard InChI is InChI=1S/C20H15F3N4O2/c21-20(22,23)13-10-16(18(28)25-12-15-8-4-5-9-24-15)27-17(11-13)19(29)26-14-6-2-1-3-7-14/h1-11H,12H2,(H,25,28)(H,26,29). The molecule has 9 heteroatoms. The van der Waals surface area contributed by atoms with Crippen LogP contribution in [0.3, 0.4) is 0 Å². The number of hydrogen-bond acceptors (Lipinski definition) is 4. The number of rotatable bonds is 5. The van der Waals surface area contributed by atoms with E-state index in [1.165, 1.54) is 6.20 Å². The highest BCUT2D eigenvalue weighted by Gasteiger charge is 2.33. The monoisotopic (exact) mass is 400 g/mol. The lowest BCUT2D eigenvalue weighted by Gasteiger charge is -2.12. The second-order valence-corrected chi connectivity index (χ2v) is 5.95. The molecule has 6 nitrogen and oxygen atoms in total. The molecule has 3 aromatic rings. The first-order chi connectivity index (χ1) is 13.8. The van der Waals surface area contributed by atoms with Crippen LogP contribution in [0, 0.1) is 0 Å². The van der Waals surface area contributed by atoms with Gasteiger partial charge in [-0.1, -0.05) is 24.3 Å². The van der Waals surface area contributed by atoms with Gasteiger partial charge >= 0.3 is 6.18 Å². The summed E-state index contributed by atoms with van der Waals surface area (Å²) < 4.78 is 39.8. The third-order valence-corrected chi connectivity index (χ3v) is 3.81. The number of para-hydroxylation sites is 1. The normalized spacial score (nSPS) is 11.0. The Kier molecular flexibility index (Phi) is 5.87. The van der Waals surface area contributed by atoms with Crippen LogP contribution in [0.2, 0.25) is 0 Å². The summed E-state index contributed by atoms with van der Waals surface area (Å²) in [4.78, 5) is 32.5. The number of alkyl halides is 3. The minimum atomic E-state index is -4.75. The van der Waals surface area contributed by atoms with Gasteiger partial charge in [-0.3, -0.25) is 14.6 Å². The van der Waals surface area contributed by atoms with E-state index in [-0.39, 0.29) is 6.54 Å². The molecule has 0 saturated heterocycles. The van der Waals surface area contributed by atoms with Crippen molar-refractivity contribution in [2.45, 2.75) is 12.7 Å². The molecule has 2 amide bonds. The van der Waals surface area contributed by atoms with E-state index >= 15 is 0 Å². The SMILES string of the molecule is O=C(NCc1ccccn1)c1cc(C(F)(F)F)cc(C(=O)Nc2ccccc2)n1. The number of anilines is 1. The Morgan fingerprint density at radius 3 is 2.17 bits per heavy atom. The number of pyridine rings is 2. The molecule has 2 N–H and O–H groups in total. The first-order valence-electron chi connectivity index (χ1n) is 8.47. The first-order valence-corrected chi connectivity index (χ1v) is 8.47. The molecule has 0 radical (unpaired) electrons. The Labute approximate surface area is 163 Å². The number of nitrogens with one attached hydrogen (secondary N) is 2.